The topological polar surface area (TPSA) is 46.5 Å². The first kappa shape index (κ1) is 17.5. The van der Waals surface area contributed by atoms with Gasteiger partial charge in [-0.1, -0.05) is 26.0 Å². The molecule has 0 fully saturated rings. The number of benzene rings is 1. The van der Waals surface area contributed by atoms with Gasteiger partial charge < -0.3 is 9.84 Å². The second-order valence-electron chi connectivity index (χ2n) is 6.69. The number of carbonyl (C=O) groups is 1. The van der Waals surface area contributed by atoms with Crippen molar-refractivity contribution in [3.05, 3.63) is 29.3 Å². The predicted molar refractivity (Wildman–Crippen MR) is 86.0 cm³/mol. The molecular formula is C18H28O3. The number of ether oxygens (including phenoxy) is 1. The molecule has 1 rings (SSSR count). The normalized spacial score (nSPS) is 11.7. The van der Waals surface area contributed by atoms with Gasteiger partial charge in [0, 0.05) is 0 Å². The highest BCUT2D eigenvalue weighted by Crippen LogP contribution is 2.28. The summed E-state index contributed by atoms with van der Waals surface area (Å²) >= 11 is 0. The van der Waals surface area contributed by atoms with Crippen molar-refractivity contribution in [3.63, 3.8) is 0 Å². The molecule has 1 aromatic rings. The third kappa shape index (κ3) is 5.41. The summed E-state index contributed by atoms with van der Waals surface area (Å²) in [6.45, 7) is 10.6. The van der Waals surface area contributed by atoms with E-state index < -0.39 is 11.4 Å². The van der Waals surface area contributed by atoms with Crippen molar-refractivity contribution >= 4 is 5.97 Å². The van der Waals surface area contributed by atoms with Crippen LogP contribution in [0.2, 0.25) is 0 Å². The zero-order valence-corrected chi connectivity index (χ0v) is 13.9. The van der Waals surface area contributed by atoms with Gasteiger partial charge in [0.05, 0.1) is 12.0 Å². The summed E-state index contributed by atoms with van der Waals surface area (Å²) in [5, 5.41) is 9.07. The van der Waals surface area contributed by atoms with Gasteiger partial charge in [-0.3, -0.25) is 4.79 Å². The van der Waals surface area contributed by atoms with Crippen LogP contribution in [0.1, 0.15) is 64.0 Å². The first-order chi connectivity index (χ1) is 9.74. The van der Waals surface area contributed by atoms with Crippen LogP contribution in [0.5, 0.6) is 5.75 Å². The van der Waals surface area contributed by atoms with Gasteiger partial charge in [0.15, 0.2) is 0 Å². The van der Waals surface area contributed by atoms with Crippen LogP contribution >= 0.6 is 0 Å². The van der Waals surface area contributed by atoms with Crippen molar-refractivity contribution < 1.29 is 14.6 Å². The Bertz CT molecular complexity index is 475. The molecule has 1 N–H and O–H groups in total. The Balaban J connectivity index is 2.46. The molecule has 0 heterocycles. The lowest BCUT2D eigenvalue weighted by molar-refractivity contribution is -0.147. The zero-order chi connectivity index (χ0) is 16.0. The second-order valence-corrected chi connectivity index (χ2v) is 6.69. The Morgan fingerprint density at radius 1 is 1.29 bits per heavy atom. The largest absolute Gasteiger partial charge is 0.493 e. The Labute approximate surface area is 128 Å². The van der Waals surface area contributed by atoms with Gasteiger partial charge >= 0.3 is 5.97 Å². The molecule has 118 valence electrons. The zero-order valence-electron chi connectivity index (χ0n) is 13.9. The quantitative estimate of drug-likeness (QED) is 0.701. The summed E-state index contributed by atoms with van der Waals surface area (Å²) in [5.74, 6) is 0.665. The van der Waals surface area contributed by atoms with Gasteiger partial charge in [-0.15, -0.1) is 0 Å². The molecule has 0 bridgehead atoms. The SMILES string of the molecule is Cc1ccc(C(C)C)c(OCCCCC(C)(C)C(=O)O)c1. The molecule has 3 heteroatoms. The Morgan fingerprint density at radius 2 is 1.95 bits per heavy atom. The highest BCUT2D eigenvalue weighted by molar-refractivity contribution is 5.73. The van der Waals surface area contributed by atoms with Gasteiger partial charge in [-0.2, -0.15) is 0 Å². The molecule has 0 unspecified atom stereocenters. The lowest BCUT2D eigenvalue weighted by atomic mass is 9.87. The molecule has 1 aromatic carbocycles. The van der Waals surface area contributed by atoms with E-state index in [1.54, 1.807) is 13.8 Å². The van der Waals surface area contributed by atoms with E-state index in [1.165, 1.54) is 11.1 Å². The molecule has 0 aliphatic carbocycles. The molecule has 0 radical (unpaired) electrons. The van der Waals surface area contributed by atoms with Gasteiger partial charge in [0.2, 0.25) is 0 Å². The number of carboxylic acids is 1. The first-order valence-corrected chi connectivity index (χ1v) is 7.71. The molecule has 3 nitrogen and oxygen atoms in total. The van der Waals surface area contributed by atoms with Crippen LogP contribution in [-0.2, 0) is 4.79 Å². The van der Waals surface area contributed by atoms with E-state index in [1.807, 2.05) is 0 Å². The Morgan fingerprint density at radius 3 is 2.52 bits per heavy atom. The number of aryl methyl sites for hydroxylation is 1. The van der Waals surface area contributed by atoms with Gasteiger partial charge in [0.1, 0.15) is 5.75 Å². The maximum absolute atomic E-state index is 11.0. The van der Waals surface area contributed by atoms with Crippen molar-refractivity contribution in [2.24, 2.45) is 5.41 Å². The van der Waals surface area contributed by atoms with E-state index in [9.17, 15) is 4.79 Å². The summed E-state index contributed by atoms with van der Waals surface area (Å²) in [4.78, 5) is 11.0. The van der Waals surface area contributed by atoms with Gasteiger partial charge in [-0.25, -0.2) is 0 Å². The number of carboxylic acid groups (broad SMARTS) is 1. The number of unbranched alkanes of at least 4 members (excludes halogenated alkanes) is 1. The summed E-state index contributed by atoms with van der Waals surface area (Å²) in [6, 6.07) is 6.32. The van der Waals surface area contributed by atoms with E-state index in [4.69, 9.17) is 9.84 Å². The molecular weight excluding hydrogens is 264 g/mol. The minimum atomic E-state index is -0.732. The molecule has 0 amide bonds. The first-order valence-electron chi connectivity index (χ1n) is 7.71. The van der Waals surface area contributed by atoms with Crippen molar-refractivity contribution in [1.82, 2.24) is 0 Å². The summed E-state index contributed by atoms with van der Waals surface area (Å²) < 4.78 is 5.91. The lowest BCUT2D eigenvalue weighted by Gasteiger charge is -2.19. The molecule has 0 spiro atoms. The summed E-state index contributed by atoms with van der Waals surface area (Å²) in [7, 11) is 0. The van der Waals surface area contributed by atoms with E-state index in [2.05, 4.69) is 39.0 Å². The van der Waals surface area contributed by atoms with E-state index >= 15 is 0 Å². The van der Waals surface area contributed by atoms with Crippen LogP contribution in [0.15, 0.2) is 18.2 Å². The third-order valence-corrected chi connectivity index (χ3v) is 3.82. The van der Waals surface area contributed by atoms with Crippen LogP contribution in [0.4, 0.5) is 0 Å². The van der Waals surface area contributed by atoms with E-state index in [-0.39, 0.29) is 0 Å². The molecule has 0 aliphatic rings. The molecule has 21 heavy (non-hydrogen) atoms. The maximum Gasteiger partial charge on any atom is 0.309 e. The minimum Gasteiger partial charge on any atom is -0.493 e. The van der Waals surface area contributed by atoms with Crippen molar-refractivity contribution in [1.29, 1.82) is 0 Å². The Kier molecular flexibility index (Phi) is 6.25. The fraction of sp³-hybridized carbons (Fsp3) is 0.611. The lowest BCUT2D eigenvalue weighted by Crippen LogP contribution is -2.23. The fourth-order valence-electron chi connectivity index (χ4n) is 2.20. The fourth-order valence-corrected chi connectivity index (χ4v) is 2.20. The number of aliphatic carboxylic acids is 1. The highest BCUT2D eigenvalue weighted by Gasteiger charge is 2.25. The molecule has 0 saturated heterocycles. The van der Waals surface area contributed by atoms with Crippen LogP contribution in [0, 0.1) is 12.3 Å². The minimum absolute atomic E-state index is 0.437. The monoisotopic (exact) mass is 292 g/mol. The van der Waals surface area contributed by atoms with Crippen molar-refractivity contribution in [3.8, 4) is 5.75 Å². The number of rotatable bonds is 8. The molecule has 0 saturated carbocycles. The van der Waals surface area contributed by atoms with Crippen LogP contribution in [-0.4, -0.2) is 17.7 Å². The highest BCUT2D eigenvalue weighted by atomic mass is 16.5. The molecule has 0 aromatic heterocycles. The predicted octanol–water partition coefficient (Wildman–Crippen LogP) is 4.78. The van der Waals surface area contributed by atoms with E-state index in [0.29, 0.717) is 18.9 Å². The van der Waals surface area contributed by atoms with Crippen molar-refractivity contribution in [2.75, 3.05) is 6.61 Å². The van der Waals surface area contributed by atoms with Crippen LogP contribution in [0.25, 0.3) is 0 Å². The Hall–Kier alpha value is -1.51. The van der Waals surface area contributed by atoms with Gasteiger partial charge in [-0.05, 0) is 63.1 Å². The number of hydrogen-bond donors (Lipinski definition) is 1. The molecule has 0 atom stereocenters. The smallest absolute Gasteiger partial charge is 0.309 e. The summed E-state index contributed by atoms with van der Waals surface area (Å²) in [5.41, 5.74) is 1.78. The standard InChI is InChI=1S/C18H28O3/c1-13(2)15-9-8-14(3)12-16(15)21-11-7-6-10-18(4,5)17(19)20/h8-9,12-13H,6-7,10-11H2,1-5H3,(H,19,20). The molecule has 0 aliphatic heterocycles. The van der Waals surface area contributed by atoms with Crippen LogP contribution in [0.3, 0.4) is 0 Å². The van der Waals surface area contributed by atoms with E-state index in [0.717, 1.165) is 18.6 Å². The van der Waals surface area contributed by atoms with Crippen molar-refractivity contribution in [2.45, 2.75) is 59.8 Å². The average Bonchev–Trinajstić information content (AvgIpc) is 2.37. The van der Waals surface area contributed by atoms with Crippen LogP contribution < -0.4 is 4.74 Å². The van der Waals surface area contributed by atoms with Gasteiger partial charge in [0.25, 0.3) is 0 Å². The third-order valence-electron chi connectivity index (χ3n) is 3.82. The summed E-state index contributed by atoms with van der Waals surface area (Å²) in [6.07, 6.45) is 2.42. The second kappa shape index (κ2) is 7.48. The average molecular weight is 292 g/mol. The number of hydrogen-bond acceptors (Lipinski definition) is 2. The maximum atomic E-state index is 11.0.